The predicted molar refractivity (Wildman–Crippen MR) is 76.6 cm³/mol. The van der Waals surface area contributed by atoms with E-state index in [0.29, 0.717) is 12.4 Å². The van der Waals surface area contributed by atoms with Gasteiger partial charge in [-0.2, -0.15) is 0 Å². The molecule has 0 aliphatic heterocycles. The second-order valence-electron chi connectivity index (χ2n) is 4.04. The second kappa shape index (κ2) is 7.32. The minimum Gasteiger partial charge on any atom is -0.462 e. The SMILES string of the molecule is CCOC(=O)c1cc(N(CC)CC(=O)NC)ncc1N. The smallest absolute Gasteiger partial charge is 0.340 e. The van der Waals surface area contributed by atoms with Crippen LogP contribution in [-0.2, 0) is 9.53 Å². The molecule has 0 aromatic carbocycles. The molecule has 0 unspecified atom stereocenters. The van der Waals surface area contributed by atoms with Crippen molar-refractivity contribution in [2.24, 2.45) is 0 Å². The van der Waals surface area contributed by atoms with Gasteiger partial charge in [0.15, 0.2) is 0 Å². The number of hydrogen-bond acceptors (Lipinski definition) is 6. The lowest BCUT2D eigenvalue weighted by molar-refractivity contribution is -0.119. The van der Waals surface area contributed by atoms with Crippen molar-refractivity contribution in [1.29, 1.82) is 0 Å². The van der Waals surface area contributed by atoms with Gasteiger partial charge in [0.05, 0.1) is 30.6 Å². The summed E-state index contributed by atoms with van der Waals surface area (Å²) >= 11 is 0. The number of carbonyl (C=O) groups is 2. The van der Waals surface area contributed by atoms with Crippen molar-refractivity contribution in [3.8, 4) is 0 Å². The number of esters is 1. The van der Waals surface area contributed by atoms with Gasteiger partial charge in [0, 0.05) is 13.6 Å². The second-order valence-corrected chi connectivity index (χ2v) is 4.04. The van der Waals surface area contributed by atoms with Gasteiger partial charge in [-0.3, -0.25) is 4.79 Å². The van der Waals surface area contributed by atoms with Gasteiger partial charge >= 0.3 is 5.97 Å². The third kappa shape index (κ3) is 3.84. The fourth-order valence-corrected chi connectivity index (χ4v) is 1.62. The molecule has 0 fully saturated rings. The number of rotatable bonds is 6. The zero-order valence-corrected chi connectivity index (χ0v) is 12.0. The largest absolute Gasteiger partial charge is 0.462 e. The van der Waals surface area contributed by atoms with Crippen LogP contribution in [0.1, 0.15) is 24.2 Å². The van der Waals surface area contributed by atoms with Gasteiger partial charge in [-0.25, -0.2) is 9.78 Å². The summed E-state index contributed by atoms with van der Waals surface area (Å²) in [7, 11) is 1.57. The number of amides is 1. The van der Waals surface area contributed by atoms with Gasteiger partial charge in [-0.1, -0.05) is 0 Å². The molecule has 1 aromatic rings. The molecule has 20 heavy (non-hydrogen) atoms. The molecule has 0 atom stereocenters. The van der Waals surface area contributed by atoms with Crippen molar-refractivity contribution in [3.63, 3.8) is 0 Å². The Labute approximate surface area is 118 Å². The summed E-state index contributed by atoms with van der Waals surface area (Å²) in [5, 5.41) is 2.54. The van der Waals surface area contributed by atoms with E-state index < -0.39 is 5.97 Å². The number of nitrogens with one attached hydrogen (secondary N) is 1. The predicted octanol–water partition coefficient (Wildman–Crippen LogP) is 0.413. The Morgan fingerprint density at radius 3 is 2.70 bits per heavy atom. The number of nitrogen functional groups attached to an aromatic ring is 1. The summed E-state index contributed by atoms with van der Waals surface area (Å²) in [6.45, 7) is 4.62. The van der Waals surface area contributed by atoms with Crippen LogP contribution in [0.15, 0.2) is 12.3 Å². The van der Waals surface area contributed by atoms with Crippen LogP contribution < -0.4 is 16.0 Å². The maximum atomic E-state index is 11.8. The number of carbonyl (C=O) groups excluding carboxylic acids is 2. The first-order valence-corrected chi connectivity index (χ1v) is 6.41. The van der Waals surface area contributed by atoms with E-state index >= 15 is 0 Å². The molecular formula is C13H20N4O3. The Morgan fingerprint density at radius 1 is 1.45 bits per heavy atom. The van der Waals surface area contributed by atoms with Gasteiger partial charge in [0.2, 0.25) is 5.91 Å². The number of ether oxygens (including phenoxy) is 1. The van der Waals surface area contributed by atoms with E-state index in [-0.39, 0.29) is 30.3 Å². The van der Waals surface area contributed by atoms with Gasteiger partial charge in [-0.05, 0) is 19.9 Å². The molecule has 3 N–H and O–H groups in total. The maximum Gasteiger partial charge on any atom is 0.340 e. The van der Waals surface area contributed by atoms with E-state index in [1.54, 1.807) is 24.9 Å². The number of aromatic nitrogens is 1. The van der Waals surface area contributed by atoms with E-state index in [9.17, 15) is 9.59 Å². The molecule has 1 rings (SSSR count). The topological polar surface area (TPSA) is 97.5 Å². The Morgan fingerprint density at radius 2 is 2.15 bits per heavy atom. The van der Waals surface area contributed by atoms with E-state index in [1.807, 2.05) is 6.92 Å². The molecule has 7 nitrogen and oxygen atoms in total. The van der Waals surface area contributed by atoms with E-state index in [0.717, 1.165) is 0 Å². The summed E-state index contributed by atoms with van der Waals surface area (Å²) in [5.74, 6) is -0.124. The molecule has 0 bridgehead atoms. The van der Waals surface area contributed by atoms with Crippen molar-refractivity contribution in [2.75, 3.05) is 37.4 Å². The van der Waals surface area contributed by atoms with Crippen LogP contribution in [0.3, 0.4) is 0 Å². The van der Waals surface area contributed by atoms with Crippen LogP contribution in [0.2, 0.25) is 0 Å². The van der Waals surface area contributed by atoms with Crippen LogP contribution in [0.5, 0.6) is 0 Å². The highest BCUT2D eigenvalue weighted by molar-refractivity contribution is 5.95. The number of likely N-dealkylation sites (N-methyl/N-ethyl adjacent to an activating group) is 2. The molecule has 0 aliphatic carbocycles. The van der Waals surface area contributed by atoms with Crippen molar-refractivity contribution in [3.05, 3.63) is 17.8 Å². The first-order chi connectivity index (χ1) is 9.53. The summed E-state index contributed by atoms with van der Waals surface area (Å²) in [4.78, 5) is 29.1. The Kier molecular flexibility index (Phi) is 5.76. The third-order valence-electron chi connectivity index (χ3n) is 2.73. The van der Waals surface area contributed by atoms with Crippen LogP contribution >= 0.6 is 0 Å². The zero-order chi connectivity index (χ0) is 15.1. The molecule has 0 aliphatic rings. The van der Waals surface area contributed by atoms with Crippen molar-refractivity contribution in [2.45, 2.75) is 13.8 Å². The number of nitrogens with two attached hydrogens (primary N) is 1. The van der Waals surface area contributed by atoms with Crippen molar-refractivity contribution in [1.82, 2.24) is 10.3 Å². The van der Waals surface area contributed by atoms with Gasteiger partial charge < -0.3 is 20.7 Å². The van der Waals surface area contributed by atoms with Gasteiger partial charge in [0.1, 0.15) is 5.82 Å². The molecule has 0 spiro atoms. The van der Waals surface area contributed by atoms with Crippen LogP contribution in [-0.4, -0.2) is 43.6 Å². The maximum absolute atomic E-state index is 11.8. The monoisotopic (exact) mass is 280 g/mol. The summed E-state index contributed by atoms with van der Waals surface area (Å²) in [6, 6.07) is 1.54. The van der Waals surface area contributed by atoms with Crippen LogP contribution in [0.4, 0.5) is 11.5 Å². The molecule has 0 radical (unpaired) electrons. The number of nitrogens with zero attached hydrogens (tertiary/aromatic N) is 2. The minimum absolute atomic E-state index is 0.136. The first kappa shape index (κ1) is 15.7. The molecule has 7 heteroatoms. The van der Waals surface area contributed by atoms with E-state index in [2.05, 4.69) is 10.3 Å². The fourth-order valence-electron chi connectivity index (χ4n) is 1.62. The Bertz CT molecular complexity index is 491. The number of anilines is 2. The molecule has 1 heterocycles. The summed E-state index contributed by atoms with van der Waals surface area (Å²) < 4.78 is 4.93. The Hall–Kier alpha value is -2.31. The van der Waals surface area contributed by atoms with Crippen molar-refractivity contribution < 1.29 is 14.3 Å². The lowest BCUT2D eigenvalue weighted by atomic mass is 10.2. The standard InChI is InChI=1S/C13H20N4O3/c1-4-17(8-12(18)15-3)11-6-9(10(14)7-16-11)13(19)20-5-2/h6-7H,4-5,8,14H2,1-3H3,(H,15,18). The molecular weight excluding hydrogens is 260 g/mol. The number of hydrogen-bond donors (Lipinski definition) is 2. The average Bonchev–Trinajstić information content (AvgIpc) is 2.45. The summed E-state index contributed by atoms with van der Waals surface area (Å²) in [6.07, 6.45) is 1.40. The summed E-state index contributed by atoms with van der Waals surface area (Å²) in [5.41, 5.74) is 6.24. The average molecular weight is 280 g/mol. The highest BCUT2D eigenvalue weighted by Crippen LogP contribution is 2.19. The molecule has 0 saturated heterocycles. The molecule has 110 valence electrons. The van der Waals surface area contributed by atoms with Crippen LogP contribution in [0, 0.1) is 0 Å². The third-order valence-corrected chi connectivity index (χ3v) is 2.73. The zero-order valence-electron chi connectivity index (χ0n) is 12.0. The van der Waals surface area contributed by atoms with Crippen LogP contribution in [0.25, 0.3) is 0 Å². The Balaban J connectivity index is 3.03. The number of pyridine rings is 1. The fraction of sp³-hybridized carbons (Fsp3) is 0.462. The highest BCUT2D eigenvalue weighted by atomic mass is 16.5. The van der Waals surface area contributed by atoms with E-state index in [4.69, 9.17) is 10.5 Å². The van der Waals surface area contributed by atoms with E-state index in [1.165, 1.54) is 6.20 Å². The van der Waals surface area contributed by atoms with Gasteiger partial charge in [-0.15, -0.1) is 0 Å². The lowest BCUT2D eigenvalue weighted by Gasteiger charge is -2.21. The molecule has 1 aromatic heterocycles. The molecule has 0 saturated carbocycles. The normalized spacial score (nSPS) is 9.95. The lowest BCUT2D eigenvalue weighted by Crippen LogP contribution is -2.36. The quantitative estimate of drug-likeness (QED) is 0.733. The molecule has 1 amide bonds. The first-order valence-electron chi connectivity index (χ1n) is 6.41. The minimum atomic E-state index is -0.496. The van der Waals surface area contributed by atoms with Gasteiger partial charge in [0.25, 0.3) is 0 Å². The van der Waals surface area contributed by atoms with Crippen molar-refractivity contribution >= 4 is 23.4 Å². The highest BCUT2D eigenvalue weighted by Gasteiger charge is 2.16.